The standard InChI is InChI=1S/C12H11F2NO2/c1-12(2,3)17-11(16)10-8(13)4-7(6-15)5-9(10)14/h4-5H,1-3H3. The van der Waals surface area contributed by atoms with Crippen LogP contribution in [-0.2, 0) is 4.74 Å². The number of hydrogen-bond donors (Lipinski definition) is 0. The fourth-order valence-electron chi connectivity index (χ4n) is 1.16. The van der Waals surface area contributed by atoms with Crippen LogP contribution in [-0.4, -0.2) is 11.6 Å². The van der Waals surface area contributed by atoms with Crippen LogP contribution in [0.15, 0.2) is 12.1 Å². The Bertz CT molecular complexity index is 475. The van der Waals surface area contributed by atoms with Gasteiger partial charge in [-0.3, -0.25) is 0 Å². The molecule has 0 aliphatic carbocycles. The van der Waals surface area contributed by atoms with Crippen molar-refractivity contribution in [2.75, 3.05) is 0 Å². The molecule has 0 aliphatic heterocycles. The second-order valence-corrected chi connectivity index (χ2v) is 4.43. The molecule has 0 saturated carbocycles. The smallest absolute Gasteiger partial charge is 0.344 e. The zero-order valence-electron chi connectivity index (χ0n) is 9.67. The molecule has 1 aromatic rings. The maximum atomic E-state index is 13.4. The van der Waals surface area contributed by atoms with Gasteiger partial charge in [0.25, 0.3) is 0 Å². The van der Waals surface area contributed by atoms with Gasteiger partial charge in [-0.25, -0.2) is 13.6 Å². The normalized spacial score (nSPS) is 10.8. The minimum Gasteiger partial charge on any atom is -0.456 e. The molecule has 0 saturated heterocycles. The lowest BCUT2D eigenvalue weighted by Crippen LogP contribution is -2.25. The number of rotatable bonds is 1. The van der Waals surface area contributed by atoms with E-state index < -0.39 is 28.8 Å². The number of esters is 1. The lowest BCUT2D eigenvalue weighted by molar-refractivity contribution is 0.00596. The molecule has 1 aromatic carbocycles. The molecule has 0 fully saturated rings. The van der Waals surface area contributed by atoms with Gasteiger partial charge in [-0.05, 0) is 32.9 Å². The molecule has 0 N–H and O–H groups in total. The number of benzene rings is 1. The Morgan fingerprint density at radius 2 is 1.76 bits per heavy atom. The van der Waals surface area contributed by atoms with E-state index in [1.54, 1.807) is 26.8 Å². The fraction of sp³-hybridized carbons (Fsp3) is 0.333. The molecule has 3 nitrogen and oxygen atoms in total. The highest BCUT2D eigenvalue weighted by Gasteiger charge is 2.24. The minimum atomic E-state index is -1.10. The van der Waals surface area contributed by atoms with E-state index in [4.69, 9.17) is 10.00 Å². The molecule has 0 unspecified atom stereocenters. The van der Waals surface area contributed by atoms with Crippen LogP contribution >= 0.6 is 0 Å². The summed E-state index contributed by atoms with van der Waals surface area (Å²) >= 11 is 0. The van der Waals surface area contributed by atoms with E-state index in [0.717, 1.165) is 12.1 Å². The summed E-state index contributed by atoms with van der Waals surface area (Å²) in [5.41, 5.74) is -1.81. The van der Waals surface area contributed by atoms with Crippen molar-refractivity contribution in [2.24, 2.45) is 0 Å². The maximum Gasteiger partial charge on any atom is 0.344 e. The summed E-state index contributed by atoms with van der Waals surface area (Å²) in [7, 11) is 0. The Balaban J connectivity index is 3.16. The summed E-state index contributed by atoms with van der Waals surface area (Å²) in [5, 5.41) is 8.50. The largest absolute Gasteiger partial charge is 0.456 e. The van der Waals surface area contributed by atoms with Crippen molar-refractivity contribution >= 4 is 5.97 Å². The number of nitriles is 1. The van der Waals surface area contributed by atoms with Crippen LogP contribution in [0.3, 0.4) is 0 Å². The van der Waals surface area contributed by atoms with Gasteiger partial charge in [-0.2, -0.15) is 5.26 Å². The third-order valence-electron chi connectivity index (χ3n) is 1.77. The monoisotopic (exact) mass is 239 g/mol. The second-order valence-electron chi connectivity index (χ2n) is 4.43. The minimum absolute atomic E-state index is 0.188. The SMILES string of the molecule is CC(C)(C)OC(=O)c1c(F)cc(C#N)cc1F. The summed E-state index contributed by atoms with van der Waals surface area (Å²) in [6.07, 6.45) is 0. The Labute approximate surface area is 97.6 Å². The van der Waals surface area contributed by atoms with E-state index in [-0.39, 0.29) is 5.56 Å². The Hall–Kier alpha value is -1.96. The van der Waals surface area contributed by atoms with Crippen molar-refractivity contribution in [3.05, 3.63) is 34.9 Å². The van der Waals surface area contributed by atoms with Gasteiger partial charge in [0.2, 0.25) is 0 Å². The average Bonchev–Trinajstić information content (AvgIpc) is 2.13. The molecular formula is C12H11F2NO2. The molecule has 0 spiro atoms. The fourth-order valence-corrected chi connectivity index (χ4v) is 1.16. The van der Waals surface area contributed by atoms with Crippen molar-refractivity contribution < 1.29 is 18.3 Å². The molecule has 0 heterocycles. The third-order valence-corrected chi connectivity index (χ3v) is 1.77. The third kappa shape index (κ3) is 3.25. The van der Waals surface area contributed by atoms with E-state index in [2.05, 4.69) is 0 Å². The first-order chi connectivity index (χ1) is 7.74. The molecule has 1 rings (SSSR count). The molecule has 17 heavy (non-hydrogen) atoms. The first-order valence-corrected chi connectivity index (χ1v) is 4.87. The highest BCUT2D eigenvalue weighted by Crippen LogP contribution is 2.19. The number of nitrogens with zero attached hydrogens (tertiary/aromatic N) is 1. The van der Waals surface area contributed by atoms with E-state index in [1.165, 1.54) is 0 Å². The molecule has 90 valence electrons. The number of carbonyl (C=O) groups excluding carboxylic acids is 1. The lowest BCUT2D eigenvalue weighted by atomic mass is 10.1. The van der Waals surface area contributed by atoms with Crippen LogP contribution in [0.2, 0.25) is 0 Å². The van der Waals surface area contributed by atoms with E-state index in [0.29, 0.717) is 0 Å². The summed E-state index contributed by atoms with van der Waals surface area (Å²) in [4.78, 5) is 11.5. The second kappa shape index (κ2) is 4.50. The first-order valence-electron chi connectivity index (χ1n) is 4.87. The van der Waals surface area contributed by atoms with Gasteiger partial charge in [-0.15, -0.1) is 0 Å². The topological polar surface area (TPSA) is 50.1 Å². The highest BCUT2D eigenvalue weighted by molar-refractivity contribution is 5.90. The average molecular weight is 239 g/mol. The van der Waals surface area contributed by atoms with E-state index in [1.807, 2.05) is 0 Å². The highest BCUT2D eigenvalue weighted by atomic mass is 19.1. The first kappa shape index (κ1) is 13.1. The molecule has 0 aromatic heterocycles. The van der Waals surface area contributed by atoms with Crippen LogP contribution in [0.25, 0.3) is 0 Å². The van der Waals surface area contributed by atoms with E-state index in [9.17, 15) is 13.6 Å². The molecule has 0 atom stereocenters. The molecule has 0 bridgehead atoms. The quantitative estimate of drug-likeness (QED) is 0.708. The van der Waals surface area contributed by atoms with Crippen LogP contribution in [0.5, 0.6) is 0 Å². The maximum absolute atomic E-state index is 13.4. The number of hydrogen-bond acceptors (Lipinski definition) is 3. The molecule has 0 radical (unpaired) electrons. The van der Waals surface area contributed by atoms with Gasteiger partial charge < -0.3 is 4.74 Å². The molecule has 0 amide bonds. The van der Waals surface area contributed by atoms with Crippen molar-refractivity contribution in [1.29, 1.82) is 5.26 Å². The van der Waals surface area contributed by atoms with Gasteiger partial charge >= 0.3 is 5.97 Å². The Morgan fingerprint density at radius 3 is 2.12 bits per heavy atom. The van der Waals surface area contributed by atoms with Crippen molar-refractivity contribution in [1.82, 2.24) is 0 Å². The summed E-state index contributed by atoms with van der Waals surface area (Å²) in [6, 6.07) is 3.18. The van der Waals surface area contributed by atoms with Crippen LogP contribution in [0.1, 0.15) is 36.7 Å². The van der Waals surface area contributed by atoms with Crippen molar-refractivity contribution in [3.8, 4) is 6.07 Å². The predicted octanol–water partition coefficient (Wildman–Crippen LogP) is 2.79. The molecular weight excluding hydrogens is 228 g/mol. The summed E-state index contributed by atoms with van der Waals surface area (Å²) in [5.74, 6) is -3.29. The van der Waals surface area contributed by atoms with Gasteiger partial charge in [0.1, 0.15) is 22.8 Å². The number of ether oxygens (including phenoxy) is 1. The summed E-state index contributed by atoms with van der Waals surface area (Å²) in [6.45, 7) is 4.76. The van der Waals surface area contributed by atoms with Crippen molar-refractivity contribution in [3.63, 3.8) is 0 Å². The zero-order valence-corrected chi connectivity index (χ0v) is 9.67. The number of halogens is 2. The lowest BCUT2D eigenvalue weighted by Gasteiger charge is -2.19. The van der Waals surface area contributed by atoms with Gasteiger partial charge in [0.05, 0.1) is 11.6 Å². The Kier molecular flexibility index (Phi) is 3.47. The molecule has 0 aliphatic rings. The molecule has 5 heteroatoms. The van der Waals surface area contributed by atoms with Gasteiger partial charge in [-0.1, -0.05) is 0 Å². The summed E-state index contributed by atoms with van der Waals surface area (Å²) < 4.78 is 31.7. The van der Waals surface area contributed by atoms with Gasteiger partial charge in [0, 0.05) is 0 Å². The van der Waals surface area contributed by atoms with Crippen LogP contribution in [0.4, 0.5) is 8.78 Å². The van der Waals surface area contributed by atoms with Crippen LogP contribution in [0, 0.1) is 23.0 Å². The zero-order chi connectivity index (χ0) is 13.2. The van der Waals surface area contributed by atoms with E-state index >= 15 is 0 Å². The number of carbonyl (C=O) groups is 1. The van der Waals surface area contributed by atoms with Gasteiger partial charge in [0.15, 0.2) is 0 Å². The van der Waals surface area contributed by atoms with Crippen molar-refractivity contribution in [2.45, 2.75) is 26.4 Å². The van der Waals surface area contributed by atoms with Crippen LogP contribution < -0.4 is 0 Å². The Morgan fingerprint density at radius 1 is 1.29 bits per heavy atom. The predicted molar refractivity (Wildman–Crippen MR) is 56.2 cm³/mol.